The smallest absolute Gasteiger partial charge is 0.173 e. The Labute approximate surface area is 140 Å². The molecule has 3 aromatic rings. The minimum absolute atomic E-state index is 0.672. The third-order valence-corrected chi connectivity index (χ3v) is 4.06. The van der Waals surface area contributed by atoms with Gasteiger partial charge in [-0.05, 0) is 30.3 Å². The largest absolute Gasteiger partial charge is 0.497 e. The Morgan fingerprint density at radius 1 is 1.12 bits per heavy atom. The molecule has 120 valence electrons. The Bertz CT molecular complexity index is 848. The summed E-state index contributed by atoms with van der Waals surface area (Å²) in [5.74, 6) is 2.38. The topological polar surface area (TPSA) is 56.3 Å². The van der Waals surface area contributed by atoms with E-state index >= 15 is 0 Å². The van der Waals surface area contributed by atoms with E-state index in [0.29, 0.717) is 6.61 Å². The van der Waals surface area contributed by atoms with E-state index in [9.17, 15) is 0 Å². The molecule has 1 aliphatic rings. The number of fused-ring (bicyclic) bond motifs is 1. The van der Waals surface area contributed by atoms with Crippen LogP contribution in [0, 0.1) is 0 Å². The van der Waals surface area contributed by atoms with Crippen molar-refractivity contribution in [2.24, 2.45) is 0 Å². The second kappa shape index (κ2) is 6.20. The predicted molar refractivity (Wildman–Crippen MR) is 92.9 cm³/mol. The number of nitrogens with one attached hydrogen (secondary N) is 1. The van der Waals surface area contributed by atoms with E-state index in [1.54, 1.807) is 13.3 Å². The van der Waals surface area contributed by atoms with Gasteiger partial charge in [0.05, 0.1) is 13.7 Å². The summed E-state index contributed by atoms with van der Waals surface area (Å²) in [6.07, 6.45) is 6.38. The van der Waals surface area contributed by atoms with Crippen LogP contribution in [-0.4, -0.2) is 23.7 Å². The lowest BCUT2D eigenvalue weighted by atomic mass is 10.0. The van der Waals surface area contributed by atoms with Gasteiger partial charge in [-0.3, -0.25) is 4.98 Å². The number of rotatable bonds is 4. The van der Waals surface area contributed by atoms with Crippen molar-refractivity contribution in [1.29, 1.82) is 0 Å². The summed E-state index contributed by atoms with van der Waals surface area (Å²) < 4.78 is 11.0. The fourth-order valence-electron chi connectivity index (χ4n) is 2.86. The van der Waals surface area contributed by atoms with Gasteiger partial charge in [0.1, 0.15) is 5.75 Å². The summed E-state index contributed by atoms with van der Waals surface area (Å²) in [5, 5.41) is 3.33. The van der Waals surface area contributed by atoms with E-state index in [-0.39, 0.29) is 0 Å². The number of hydrogen-bond acceptors (Lipinski definition) is 5. The molecule has 1 N–H and O–H groups in total. The maximum atomic E-state index is 5.84. The molecule has 0 amide bonds. The van der Waals surface area contributed by atoms with Gasteiger partial charge < -0.3 is 14.8 Å². The molecule has 0 saturated heterocycles. The summed E-state index contributed by atoms with van der Waals surface area (Å²) in [5.41, 5.74) is 4.25. The van der Waals surface area contributed by atoms with Crippen molar-refractivity contribution in [2.45, 2.75) is 6.42 Å². The molecule has 4 rings (SSSR count). The first kappa shape index (κ1) is 14.5. The Kier molecular flexibility index (Phi) is 3.75. The number of aromatic nitrogens is 2. The van der Waals surface area contributed by atoms with E-state index in [1.807, 2.05) is 48.8 Å². The molecule has 0 saturated carbocycles. The van der Waals surface area contributed by atoms with Crippen LogP contribution >= 0.6 is 0 Å². The second-order valence-electron chi connectivity index (χ2n) is 5.52. The lowest BCUT2D eigenvalue weighted by Gasteiger charge is -2.13. The van der Waals surface area contributed by atoms with Gasteiger partial charge in [0.2, 0.25) is 0 Å². The average molecular weight is 319 g/mol. The summed E-state index contributed by atoms with van der Waals surface area (Å²) >= 11 is 0. The highest BCUT2D eigenvalue weighted by Gasteiger charge is 2.22. The quantitative estimate of drug-likeness (QED) is 0.792. The summed E-state index contributed by atoms with van der Waals surface area (Å²) in [4.78, 5) is 8.77. The molecule has 3 heterocycles. The number of nitrogens with zero attached hydrogens (tertiary/aromatic N) is 2. The molecule has 0 radical (unpaired) electrons. The zero-order valence-electron chi connectivity index (χ0n) is 13.3. The lowest BCUT2D eigenvalue weighted by Crippen LogP contribution is -1.98. The molecule has 5 nitrogen and oxygen atoms in total. The Balaban J connectivity index is 1.69. The van der Waals surface area contributed by atoms with Crippen LogP contribution in [0.5, 0.6) is 11.5 Å². The summed E-state index contributed by atoms with van der Waals surface area (Å²) in [6, 6.07) is 11.7. The molecule has 1 aliphatic heterocycles. The van der Waals surface area contributed by atoms with E-state index in [4.69, 9.17) is 9.47 Å². The molecule has 2 aromatic heterocycles. The van der Waals surface area contributed by atoms with Gasteiger partial charge in [-0.15, -0.1) is 0 Å². The van der Waals surface area contributed by atoms with Crippen molar-refractivity contribution in [1.82, 2.24) is 9.97 Å². The Morgan fingerprint density at radius 3 is 2.75 bits per heavy atom. The van der Waals surface area contributed by atoms with E-state index in [1.165, 1.54) is 5.56 Å². The normalized spacial score (nSPS) is 12.4. The van der Waals surface area contributed by atoms with Crippen LogP contribution in [0.2, 0.25) is 0 Å². The summed E-state index contributed by atoms with van der Waals surface area (Å²) in [7, 11) is 1.65. The van der Waals surface area contributed by atoms with Gasteiger partial charge in [-0.1, -0.05) is 6.07 Å². The number of hydrogen-bond donors (Lipinski definition) is 1. The first-order valence-corrected chi connectivity index (χ1v) is 7.81. The highest BCUT2D eigenvalue weighted by atomic mass is 16.5. The third-order valence-electron chi connectivity index (χ3n) is 4.06. The number of benzene rings is 1. The van der Waals surface area contributed by atoms with Gasteiger partial charge in [0, 0.05) is 47.4 Å². The van der Waals surface area contributed by atoms with Crippen molar-refractivity contribution in [3.05, 3.63) is 60.6 Å². The predicted octanol–water partition coefficient (Wildman–Crippen LogP) is 3.83. The van der Waals surface area contributed by atoms with Gasteiger partial charge in [0.25, 0.3) is 0 Å². The molecule has 24 heavy (non-hydrogen) atoms. The highest BCUT2D eigenvalue weighted by Crippen LogP contribution is 2.39. The number of methoxy groups -OCH3 is 1. The number of ether oxygens (including phenoxy) is 2. The van der Waals surface area contributed by atoms with Crippen LogP contribution < -0.4 is 14.8 Å². The van der Waals surface area contributed by atoms with Gasteiger partial charge in [-0.2, -0.15) is 0 Å². The number of pyridine rings is 2. The maximum absolute atomic E-state index is 5.84. The first-order chi connectivity index (χ1) is 11.8. The van der Waals surface area contributed by atoms with Gasteiger partial charge in [0.15, 0.2) is 11.6 Å². The monoisotopic (exact) mass is 319 g/mol. The maximum Gasteiger partial charge on any atom is 0.173 e. The van der Waals surface area contributed by atoms with Crippen molar-refractivity contribution in [3.63, 3.8) is 0 Å². The molecule has 0 aliphatic carbocycles. The highest BCUT2D eigenvalue weighted by molar-refractivity contribution is 5.75. The second-order valence-corrected chi connectivity index (χ2v) is 5.52. The summed E-state index contributed by atoms with van der Waals surface area (Å²) in [6.45, 7) is 0.672. The van der Waals surface area contributed by atoms with Crippen LogP contribution in [0.25, 0.3) is 11.1 Å². The van der Waals surface area contributed by atoms with Crippen molar-refractivity contribution in [3.8, 4) is 22.6 Å². The lowest BCUT2D eigenvalue weighted by molar-refractivity contribution is 0.357. The zero-order valence-corrected chi connectivity index (χ0v) is 13.3. The molecule has 0 atom stereocenters. The molecule has 1 aromatic carbocycles. The van der Waals surface area contributed by atoms with Crippen molar-refractivity contribution >= 4 is 11.5 Å². The van der Waals surface area contributed by atoms with Crippen molar-refractivity contribution in [2.75, 3.05) is 19.0 Å². The minimum Gasteiger partial charge on any atom is -0.497 e. The van der Waals surface area contributed by atoms with Gasteiger partial charge in [-0.25, -0.2) is 4.98 Å². The van der Waals surface area contributed by atoms with Crippen LogP contribution in [0.4, 0.5) is 11.5 Å². The standard InChI is InChI=1S/C19H17N3O2/c1-23-15-6-4-14(5-7-15)22-19-18-16(8-10-24-18)17(12-21-19)13-3-2-9-20-11-13/h2-7,9,11-12H,8,10H2,1H3,(H,21,22). The molecule has 5 heteroatoms. The average Bonchev–Trinajstić information content (AvgIpc) is 3.13. The van der Waals surface area contributed by atoms with E-state index < -0.39 is 0 Å². The van der Waals surface area contributed by atoms with Gasteiger partial charge >= 0.3 is 0 Å². The fraction of sp³-hybridized carbons (Fsp3) is 0.158. The number of anilines is 2. The van der Waals surface area contributed by atoms with Crippen LogP contribution in [0.15, 0.2) is 55.0 Å². The SMILES string of the molecule is COc1ccc(Nc2ncc(-c3cccnc3)c3c2OCC3)cc1. The Morgan fingerprint density at radius 2 is 2.00 bits per heavy atom. The first-order valence-electron chi connectivity index (χ1n) is 7.81. The van der Waals surface area contributed by atoms with E-state index in [0.717, 1.165) is 40.6 Å². The Hall–Kier alpha value is -3.08. The molecular weight excluding hydrogens is 302 g/mol. The fourth-order valence-corrected chi connectivity index (χ4v) is 2.86. The van der Waals surface area contributed by atoms with Crippen LogP contribution in [0.3, 0.4) is 0 Å². The van der Waals surface area contributed by atoms with Crippen molar-refractivity contribution < 1.29 is 9.47 Å². The molecule has 0 spiro atoms. The zero-order chi connectivity index (χ0) is 16.4. The van der Waals surface area contributed by atoms with Crippen LogP contribution in [0.1, 0.15) is 5.56 Å². The third kappa shape index (κ3) is 2.65. The molecule has 0 bridgehead atoms. The van der Waals surface area contributed by atoms with E-state index in [2.05, 4.69) is 15.3 Å². The minimum atomic E-state index is 0.672. The molecule has 0 unspecified atom stereocenters. The molecular formula is C19H17N3O2. The molecule has 0 fully saturated rings. The van der Waals surface area contributed by atoms with Crippen LogP contribution in [-0.2, 0) is 6.42 Å².